The molecule has 2 N–H and O–H groups in total. The van der Waals surface area contributed by atoms with Gasteiger partial charge in [0.05, 0.1) is 6.04 Å². The number of ketones is 1. The third-order valence-corrected chi connectivity index (χ3v) is 2.97. The first-order chi connectivity index (χ1) is 10.6. The lowest BCUT2D eigenvalue weighted by Crippen LogP contribution is -2.42. The van der Waals surface area contributed by atoms with E-state index in [9.17, 15) is 14.4 Å². The lowest BCUT2D eigenvalue weighted by Gasteiger charge is -2.21. The third-order valence-electron chi connectivity index (χ3n) is 2.97. The molecule has 0 saturated heterocycles. The molecule has 0 fully saturated rings. The summed E-state index contributed by atoms with van der Waals surface area (Å²) in [5, 5.41) is 4.53. The van der Waals surface area contributed by atoms with Gasteiger partial charge in [-0.1, -0.05) is 18.2 Å². The number of Topliss-reactive ketones (excluding diaryl/α,β-unsaturated/α-hetero) is 1. The second-order valence-corrected chi connectivity index (χ2v) is 6.14. The number of carbonyl (C=O) groups excluding carboxylic acids is 3. The Morgan fingerprint density at radius 2 is 1.83 bits per heavy atom. The van der Waals surface area contributed by atoms with Gasteiger partial charge in [0.15, 0.2) is 5.78 Å². The maximum Gasteiger partial charge on any atom is 0.408 e. The maximum absolute atomic E-state index is 12.2. The summed E-state index contributed by atoms with van der Waals surface area (Å²) < 4.78 is 5.11. The first-order valence-corrected chi connectivity index (χ1v) is 7.25. The minimum absolute atomic E-state index is 0.000553. The standard InChI is InChI=1S/C16H21BN2O4/c1-10(18-15(22)23-16(2,3)4)13(20)9-11-7-5-6-8-12(11)14(21)19-17/h5-8,10H,9H2,1-4H3,(H,18,22)(H,19,21)/t10-/m0/s1. The van der Waals surface area contributed by atoms with E-state index in [0.717, 1.165) is 0 Å². The zero-order chi connectivity index (χ0) is 17.6. The predicted molar refractivity (Wildman–Crippen MR) is 87.2 cm³/mol. The second kappa shape index (κ2) is 7.81. The van der Waals surface area contributed by atoms with Crippen molar-refractivity contribution in [3.8, 4) is 0 Å². The van der Waals surface area contributed by atoms with Crippen molar-refractivity contribution < 1.29 is 19.1 Å². The number of alkyl carbamates (subject to hydrolysis) is 1. The molecule has 0 aliphatic carbocycles. The van der Waals surface area contributed by atoms with Crippen LogP contribution in [0.5, 0.6) is 0 Å². The molecule has 2 radical (unpaired) electrons. The van der Waals surface area contributed by atoms with Gasteiger partial charge < -0.3 is 15.3 Å². The molecule has 2 amide bonds. The Hall–Kier alpha value is -2.31. The van der Waals surface area contributed by atoms with Crippen molar-refractivity contribution in [3.63, 3.8) is 0 Å². The highest BCUT2D eigenvalue weighted by Gasteiger charge is 2.22. The summed E-state index contributed by atoms with van der Waals surface area (Å²) in [7, 11) is 5.13. The molecule has 6 nitrogen and oxygen atoms in total. The summed E-state index contributed by atoms with van der Waals surface area (Å²) in [6.45, 7) is 6.78. The topological polar surface area (TPSA) is 84.5 Å². The molecule has 23 heavy (non-hydrogen) atoms. The highest BCUT2D eigenvalue weighted by Crippen LogP contribution is 2.11. The zero-order valence-electron chi connectivity index (χ0n) is 13.8. The van der Waals surface area contributed by atoms with E-state index in [1.807, 2.05) is 5.23 Å². The molecule has 0 bridgehead atoms. The van der Waals surface area contributed by atoms with Crippen molar-refractivity contribution >= 4 is 25.8 Å². The molecular weight excluding hydrogens is 295 g/mol. The molecule has 0 unspecified atom stereocenters. The lowest BCUT2D eigenvalue weighted by atomic mass is 9.99. The van der Waals surface area contributed by atoms with Crippen molar-refractivity contribution in [2.75, 3.05) is 0 Å². The average molecular weight is 316 g/mol. The first kappa shape index (κ1) is 18.7. The number of carbonyl (C=O) groups is 3. The number of hydrogen-bond acceptors (Lipinski definition) is 4. The summed E-state index contributed by atoms with van der Waals surface area (Å²) in [6.07, 6.45) is -0.660. The van der Waals surface area contributed by atoms with Crippen molar-refractivity contribution in [2.24, 2.45) is 0 Å². The normalized spacial score (nSPS) is 12.2. The second-order valence-electron chi connectivity index (χ2n) is 6.14. The minimum Gasteiger partial charge on any atom is -0.444 e. The summed E-state index contributed by atoms with van der Waals surface area (Å²) in [6, 6.07) is 5.92. The summed E-state index contributed by atoms with van der Waals surface area (Å²) in [4.78, 5) is 35.6. The van der Waals surface area contributed by atoms with Crippen LogP contribution in [-0.2, 0) is 16.0 Å². The molecule has 0 aliphatic heterocycles. The van der Waals surface area contributed by atoms with Crippen molar-refractivity contribution in [2.45, 2.75) is 45.8 Å². The van der Waals surface area contributed by atoms with Crippen LogP contribution in [0.4, 0.5) is 4.79 Å². The SMILES string of the molecule is [B]NC(=O)c1ccccc1CC(=O)[C@H](C)NC(=O)OC(C)(C)C. The van der Waals surface area contributed by atoms with Crippen LogP contribution in [0.2, 0.25) is 0 Å². The molecule has 1 aromatic carbocycles. The fraction of sp³-hybridized carbons (Fsp3) is 0.438. The number of hydrogen-bond donors (Lipinski definition) is 2. The van der Waals surface area contributed by atoms with Crippen LogP contribution in [-0.4, -0.2) is 37.4 Å². The molecule has 122 valence electrons. The van der Waals surface area contributed by atoms with Gasteiger partial charge in [-0.25, -0.2) is 4.79 Å². The van der Waals surface area contributed by atoms with Gasteiger partial charge in [0.1, 0.15) is 5.60 Å². The number of ether oxygens (including phenoxy) is 1. The van der Waals surface area contributed by atoms with Crippen LogP contribution in [0, 0.1) is 0 Å². The van der Waals surface area contributed by atoms with Gasteiger partial charge >= 0.3 is 6.09 Å². The van der Waals surface area contributed by atoms with Gasteiger partial charge in [-0.15, -0.1) is 0 Å². The van der Waals surface area contributed by atoms with Crippen LogP contribution < -0.4 is 10.5 Å². The quantitative estimate of drug-likeness (QED) is 0.807. The molecule has 1 rings (SSSR count). The Bertz CT molecular complexity index is 596. The van der Waals surface area contributed by atoms with Crippen molar-refractivity contribution in [3.05, 3.63) is 35.4 Å². The maximum atomic E-state index is 12.2. The average Bonchev–Trinajstić information content (AvgIpc) is 2.44. The van der Waals surface area contributed by atoms with Gasteiger partial charge in [0.2, 0.25) is 13.9 Å². The Balaban J connectivity index is 2.73. The van der Waals surface area contributed by atoms with Crippen LogP contribution >= 0.6 is 0 Å². The molecule has 1 atom stereocenters. The van der Waals surface area contributed by atoms with Crippen LogP contribution in [0.1, 0.15) is 43.6 Å². The summed E-state index contributed by atoms with van der Waals surface area (Å²) in [5.41, 5.74) is 0.227. The lowest BCUT2D eigenvalue weighted by molar-refractivity contribution is -0.120. The van der Waals surface area contributed by atoms with E-state index in [4.69, 9.17) is 12.7 Å². The molecular formula is C16H21BN2O4. The molecule has 1 aromatic rings. The number of rotatable bonds is 5. The Morgan fingerprint density at radius 3 is 2.39 bits per heavy atom. The van der Waals surface area contributed by atoms with Crippen molar-refractivity contribution in [1.82, 2.24) is 10.5 Å². The van der Waals surface area contributed by atoms with E-state index in [-0.39, 0.29) is 12.2 Å². The highest BCUT2D eigenvalue weighted by atomic mass is 16.6. The molecule has 0 aromatic heterocycles. The first-order valence-electron chi connectivity index (χ1n) is 7.25. The van der Waals surface area contributed by atoms with Gasteiger partial charge in [-0.05, 0) is 39.3 Å². The van der Waals surface area contributed by atoms with E-state index in [1.165, 1.54) is 0 Å². The van der Waals surface area contributed by atoms with E-state index < -0.39 is 23.6 Å². The number of benzene rings is 1. The summed E-state index contributed by atoms with van der Waals surface area (Å²) in [5.74, 6) is -0.714. The fourth-order valence-electron chi connectivity index (χ4n) is 1.88. The van der Waals surface area contributed by atoms with Gasteiger partial charge in [0.25, 0.3) is 0 Å². The Kier molecular flexibility index (Phi) is 6.36. The van der Waals surface area contributed by atoms with E-state index in [1.54, 1.807) is 52.0 Å². The Labute approximate surface area is 137 Å². The number of amides is 2. The van der Waals surface area contributed by atoms with E-state index >= 15 is 0 Å². The highest BCUT2D eigenvalue weighted by molar-refractivity contribution is 6.18. The predicted octanol–water partition coefficient (Wildman–Crippen LogP) is 1.52. The van der Waals surface area contributed by atoms with Crippen LogP contribution in [0.25, 0.3) is 0 Å². The monoisotopic (exact) mass is 316 g/mol. The Morgan fingerprint density at radius 1 is 1.22 bits per heavy atom. The fourth-order valence-corrected chi connectivity index (χ4v) is 1.88. The molecule has 0 aliphatic rings. The van der Waals surface area contributed by atoms with Gasteiger partial charge in [-0.3, -0.25) is 9.59 Å². The van der Waals surface area contributed by atoms with E-state index in [2.05, 4.69) is 5.32 Å². The van der Waals surface area contributed by atoms with Gasteiger partial charge in [0, 0.05) is 12.0 Å². The van der Waals surface area contributed by atoms with Crippen molar-refractivity contribution in [1.29, 1.82) is 0 Å². The van der Waals surface area contributed by atoms with Crippen LogP contribution in [0.3, 0.4) is 0 Å². The molecule has 0 spiro atoms. The largest absolute Gasteiger partial charge is 0.444 e. The molecule has 0 saturated carbocycles. The third kappa shape index (κ3) is 6.14. The zero-order valence-corrected chi connectivity index (χ0v) is 13.8. The minimum atomic E-state index is -0.737. The van der Waals surface area contributed by atoms with Gasteiger partial charge in [-0.2, -0.15) is 0 Å². The molecule has 7 heteroatoms. The summed E-state index contributed by atoms with van der Waals surface area (Å²) >= 11 is 0. The number of nitrogens with one attached hydrogen (secondary N) is 2. The molecule has 0 heterocycles. The van der Waals surface area contributed by atoms with Crippen LogP contribution in [0.15, 0.2) is 24.3 Å². The smallest absolute Gasteiger partial charge is 0.408 e. The van der Waals surface area contributed by atoms with E-state index in [0.29, 0.717) is 11.1 Å².